The second kappa shape index (κ2) is 3.99. The minimum Gasteiger partial charge on any atom is -0.300 e. The Balaban J connectivity index is 2.06. The van der Waals surface area contributed by atoms with Gasteiger partial charge >= 0.3 is 0 Å². The molecule has 2 aliphatic rings. The number of fused-ring (bicyclic) bond motifs is 1. The fourth-order valence-corrected chi connectivity index (χ4v) is 2.63. The van der Waals surface area contributed by atoms with Crippen molar-refractivity contribution < 1.29 is 0 Å². The molecule has 0 N–H and O–H groups in total. The van der Waals surface area contributed by atoms with Crippen LogP contribution in [0.15, 0.2) is 5.11 Å². The lowest BCUT2D eigenvalue weighted by molar-refractivity contribution is 0.0915. The molecule has 2 aliphatic heterocycles. The molecule has 2 saturated heterocycles. The van der Waals surface area contributed by atoms with Crippen LogP contribution in [0.2, 0.25) is 0 Å². The van der Waals surface area contributed by atoms with Gasteiger partial charge in [0.25, 0.3) is 0 Å². The van der Waals surface area contributed by atoms with Crippen molar-refractivity contribution in [2.24, 2.45) is 5.11 Å². The Labute approximate surface area is 78.5 Å². The van der Waals surface area contributed by atoms with E-state index in [0.717, 1.165) is 6.42 Å². The van der Waals surface area contributed by atoms with Crippen molar-refractivity contribution in [1.29, 1.82) is 0 Å². The van der Waals surface area contributed by atoms with E-state index >= 15 is 0 Å². The minimum atomic E-state index is 0.249. The zero-order valence-corrected chi connectivity index (χ0v) is 7.89. The maximum absolute atomic E-state index is 8.45. The Morgan fingerprint density at radius 2 is 2.00 bits per heavy atom. The summed E-state index contributed by atoms with van der Waals surface area (Å²) in [6.45, 7) is 2.42. The number of hydrogen-bond donors (Lipinski definition) is 0. The first kappa shape index (κ1) is 8.85. The molecule has 2 fully saturated rings. The van der Waals surface area contributed by atoms with Crippen LogP contribution in [0.4, 0.5) is 0 Å². The van der Waals surface area contributed by atoms with Crippen LogP contribution in [-0.4, -0.2) is 30.1 Å². The summed E-state index contributed by atoms with van der Waals surface area (Å²) in [6, 6.07) is 0.803. The van der Waals surface area contributed by atoms with Gasteiger partial charge in [-0.25, -0.2) is 0 Å². The first-order valence-electron chi connectivity index (χ1n) is 5.20. The van der Waals surface area contributed by atoms with Crippen molar-refractivity contribution in [2.45, 2.75) is 44.2 Å². The maximum atomic E-state index is 8.45. The molecule has 2 heterocycles. The molecule has 0 radical (unpaired) electrons. The zero-order chi connectivity index (χ0) is 9.10. The van der Waals surface area contributed by atoms with Crippen LogP contribution in [0, 0.1) is 0 Å². The van der Waals surface area contributed by atoms with Gasteiger partial charge < -0.3 is 0 Å². The van der Waals surface area contributed by atoms with Gasteiger partial charge in [-0.15, -0.1) is 0 Å². The molecule has 4 heteroatoms. The average molecular weight is 180 g/mol. The molecular weight excluding hydrogens is 164 g/mol. The van der Waals surface area contributed by atoms with Crippen LogP contribution in [0.25, 0.3) is 10.4 Å². The molecule has 0 aromatic heterocycles. The van der Waals surface area contributed by atoms with Crippen LogP contribution in [0.5, 0.6) is 0 Å². The molecule has 0 aromatic carbocycles. The molecule has 0 unspecified atom stereocenters. The van der Waals surface area contributed by atoms with Gasteiger partial charge in [0.1, 0.15) is 0 Å². The van der Waals surface area contributed by atoms with E-state index in [4.69, 9.17) is 5.53 Å². The van der Waals surface area contributed by atoms with Crippen molar-refractivity contribution in [3.63, 3.8) is 0 Å². The van der Waals surface area contributed by atoms with E-state index in [1.54, 1.807) is 0 Å². The molecule has 0 bridgehead atoms. The van der Waals surface area contributed by atoms with E-state index in [2.05, 4.69) is 14.9 Å². The van der Waals surface area contributed by atoms with Crippen LogP contribution < -0.4 is 0 Å². The van der Waals surface area contributed by atoms with E-state index in [1.165, 1.54) is 38.8 Å². The molecule has 2 rings (SSSR count). The Hall–Kier alpha value is -0.730. The van der Waals surface area contributed by atoms with E-state index in [-0.39, 0.29) is 6.04 Å². The zero-order valence-electron chi connectivity index (χ0n) is 7.89. The largest absolute Gasteiger partial charge is 0.300 e. The molecular formula is C9H16N4. The van der Waals surface area contributed by atoms with Gasteiger partial charge in [0.2, 0.25) is 0 Å². The standard InChI is InChI=1S/C9H16N4/c10-12-11-8-4-3-7-13-6-2-1-5-9(8)13/h8-9H,1-7H2/t8-,9-/m0/s1. The van der Waals surface area contributed by atoms with Gasteiger partial charge in [0.05, 0.1) is 6.04 Å². The highest BCUT2D eigenvalue weighted by Crippen LogP contribution is 2.28. The summed E-state index contributed by atoms with van der Waals surface area (Å²) in [6.07, 6.45) is 6.13. The number of nitrogens with zero attached hydrogens (tertiary/aromatic N) is 4. The van der Waals surface area contributed by atoms with Gasteiger partial charge in [-0.3, -0.25) is 4.90 Å². The lowest BCUT2D eigenvalue weighted by Crippen LogP contribution is -2.49. The second-order valence-corrected chi connectivity index (χ2v) is 4.01. The third kappa shape index (κ3) is 1.79. The first-order chi connectivity index (χ1) is 6.42. The van der Waals surface area contributed by atoms with Crippen molar-refractivity contribution in [1.82, 2.24) is 4.90 Å². The van der Waals surface area contributed by atoms with Gasteiger partial charge in [0, 0.05) is 11.0 Å². The predicted molar refractivity (Wildman–Crippen MR) is 51.4 cm³/mol. The molecule has 0 aromatic rings. The Bertz CT molecular complexity index is 220. The van der Waals surface area contributed by atoms with Crippen LogP contribution in [0.1, 0.15) is 32.1 Å². The summed E-state index contributed by atoms with van der Waals surface area (Å²) >= 11 is 0. The van der Waals surface area contributed by atoms with Gasteiger partial charge in [-0.2, -0.15) is 0 Å². The molecule has 4 nitrogen and oxygen atoms in total. The monoisotopic (exact) mass is 180 g/mol. The highest BCUT2D eigenvalue weighted by Gasteiger charge is 2.31. The Kier molecular flexibility index (Phi) is 2.71. The number of hydrogen-bond acceptors (Lipinski definition) is 2. The predicted octanol–water partition coefficient (Wildman–Crippen LogP) is 2.31. The first-order valence-corrected chi connectivity index (χ1v) is 5.20. The molecule has 13 heavy (non-hydrogen) atoms. The molecule has 2 atom stereocenters. The van der Waals surface area contributed by atoms with E-state index in [1.807, 2.05) is 0 Å². The minimum absolute atomic E-state index is 0.249. The fourth-order valence-electron chi connectivity index (χ4n) is 2.63. The van der Waals surface area contributed by atoms with Crippen molar-refractivity contribution in [2.75, 3.05) is 13.1 Å². The second-order valence-electron chi connectivity index (χ2n) is 4.01. The topological polar surface area (TPSA) is 52.0 Å². The average Bonchev–Trinajstić information content (AvgIpc) is 2.19. The third-order valence-corrected chi connectivity index (χ3v) is 3.25. The Morgan fingerprint density at radius 1 is 1.15 bits per heavy atom. The van der Waals surface area contributed by atoms with Crippen molar-refractivity contribution >= 4 is 0 Å². The van der Waals surface area contributed by atoms with Crippen LogP contribution >= 0.6 is 0 Å². The smallest absolute Gasteiger partial charge is 0.0530 e. The molecule has 0 aliphatic carbocycles. The summed E-state index contributed by atoms with van der Waals surface area (Å²) in [5.41, 5.74) is 8.45. The highest BCUT2D eigenvalue weighted by molar-refractivity contribution is 4.91. The molecule has 0 spiro atoms. The lowest BCUT2D eigenvalue weighted by Gasteiger charge is -2.42. The van der Waals surface area contributed by atoms with Crippen molar-refractivity contribution in [3.8, 4) is 0 Å². The third-order valence-electron chi connectivity index (χ3n) is 3.25. The number of rotatable bonds is 1. The lowest BCUT2D eigenvalue weighted by atomic mass is 9.89. The molecule has 0 saturated carbocycles. The van der Waals surface area contributed by atoms with E-state index < -0.39 is 0 Å². The summed E-state index contributed by atoms with van der Waals surface area (Å²) in [7, 11) is 0. The molecule has 0 amide bonds. The van der Waals surface area contributed by atoms with Gasteiger partial charge in [0.15, 0.2) is 0 Å². The van der Waals surface area contributed by atoms with E-state index in [0.29, 0.717) is 6.04 Å². The highest BCUT2D eigenvalue weighted by atomic mass is 15.2. The summed E-state index contributed by atoms with van der Waals surface area (Å²) in [4.78, 5) is 5.46. The number of piperidine rings is 2. The van der Waals surface area contributed by atoms with Crippen LogP contribution in [0.3, 0.4) is 0 Å². The fraction of sp³-hybridized carbons (Fsp3) is 1.00. The van der Waals surface area contributed by atoms with Gasteiger partial charge in [-0.1, -0.05) is 11.5 Å². The quantitative estimate of drug-likeness (QED) is 0.347. The van der Waals surface area contributed by atoms with Gasteiger partial charge in [-0.05, 0) is 44.3 Å². The number of azide groups is 1. The summed E-state index contributed by atoms with van der Waals surface area (Å²) < 4.78 is 0. The molecule has 72 valence electrons. The summed E-state index contributed by atoms with van der Waals surface area (Å²) in [5, 5.41) is 3.91. The normalized spacial score (nSPS) is 34.8. The SMILES string of the molecule is [N-]=[N+]=N[C@H]1CCCN2CCCC[C@@H]12. The maximum Gasteiger partial charge on any atom is 0.0530 e. The van der Waals surface area contributed by atoms with Crippen LogP contribution in [-0.2, 0) is 0 Å². The summed E-state index contributed by atoms with van der Waals surface area (Å²) in [5.74, 6) is 0. The Morgan fingerprint density at radius 3 is 2.85 bits per heavy atom. The van der Waals surface area contributed by atoms with Crippen molar-refractivity contribution in [3.05, 3.63) is 10.4 Å². The van der Waals surface area contributed by atoms with E-state index in [9.17, 15) is 0 Å².